The van der Waals surface area contributed by atoms with Crippen LogP contribution in [0.5, 0.6) is 0 Å². The van der Waals surface area contributed by atoms with Crippen molar-refractivity contribution < 1.29 is 0 Å². The predicted molar refractivity (Wildman–Crippen MR) is 157 cm³/mol. The van der Waals surface area contributed by atoms with E-state index in [9.17, 15) is 0 Å². The van der Waals surface area contributed by atoms with Crippen LogP contribution in [0.2, 0.25) is 0 Å². The first-order valence-corrected chi connectivity index (χ1v) is 18.2. The number of allylic oxidation sites excluding steroid dienone is 4. The zero-order valence-electron chi connectivity index (χ0n) is 24.3. The molecule has 0 aromatic carbocycles. The zero-order valence-corrected chi connectivity index (χ0v) is 24.3. The lowest BCUT2D eigenvalue weighted by atomic mass is 9.64. The number of hydrogen-bond donors (Lipinski definition) is 0. The third kappa shape index (κ3) is 3.72. The average Bonchev–Trinajstić information content (AvgIpc) is 3.83. The topological polar surface area (TPSA) is 0 Å². The van der Waals surface area contributed by atoms with Crippen LogP contribution in [0.1, 0.15) is 116 Å². The van der Waals surface area contributed by atoms with Gasteiger partial charge < -0.3 is 0 Å². The minimum absolute atomic E-state index is 1.01. The molecule has 38 heavy (non-hydrogen) atoms. The van der Waals surface area contributed by atoms with E-state index in [-0.39, 0.29) is 0 Å². The lowest BCUT2D eigenvalue weighted by Gasteiger charge is -2.41. The lowest BCUT2D eigenvalue weighted by Crippen LogP contribution is -2.34. The summed E-state index contributed by atoms with van der Waals surface area (Å²) < 4.78 is 0. The molecule has 0 amide bonds. The largest absolute Gasteiger partial charge is 0.0848 e. The molecule has 0 nitrogen and oxygen atoms in total. The molecular formula is C38H56. The molecule has 10 aliphatic rings. The van der Waals surface area contributed by atoms with Crippen molar-refractivity contribution in [3.63, 3.8) is 0 Å². The lowest BCUT2D eigenvalue weighted by molar-refractivity contribution is 0.0918. The summed E-state index contributed by atoms with van der Waals surface area (Å²) in [7, 11) is 0. The van der Waals surface area contributed by atoms with Gasteiger partial charge in [-0.25, -0.2) is 0 Å². The molecule has 0 radical (unpaired) electrons. The van der Waals surface area contributed by atoms with Crippen molar-refractivity contribution in [1.29, 1.82) is 0 Å². The van der Waals surface area contributed by atoms with Crippen LogP contribution in [0.4, 0.5) is 0 Å². The summed E-state index contributed by atoms with van der Waals surface area (Å²) in [5.74, 6) is 17.7. The molecule has 0 aromatic rings. The summed E-state index contributed by atoms with van der Waals surface area (Å²) in [6, 6.07) is 0. The summed E-state index contributed by atoms with van der Waals surface area (Å²) in [5, 5.41) is 0. The van der Waals surface area contributed by atoms with Gasteiger partial charge in [0.25, 0.3) is 0 Å². The Balaban J connectivity index is 0.000000112. The molecule has 0 aliphatic heterocycles. The van der Waals surface area contributed by atoms with Crippen molar-refractivity contribution >= 4 is 0 Å². The zero-order chi connectivity index (χ0) is 24.8. The fraction of sp³-hybridized carbons (Fsp3) is 0.895. The highest BCUT2D eigenvalue weighted by atomic mass is 14.7. The van der Waals surface area contributed by atoms with Gasteiger partial charge in [-0.3, -0.25) is 0 Å². The van der Waals surface area contributed by atoms with Crippen molar-refractivity contribution in [3.8, 4) is 0 Å². The predicted octanol–water partition coefficient (Wildman–Crippen LogP) is 10.1. The summed E-state index contributed by atoms with van der Waals surface area (Å²) in [6.45, 7) is 0. The van der Waals surface area contributed by atoms with Crippen LogP contribution in [0.3, 0.4) is 0 Å². The normalized spacial score (nSPS) is 55.1. The Morgan fingerprint density at radius 3 is 1.61 bits per heavy atom. The maximum absolute atomic E-state index is 2.60. The molecule has 10 rings (SSSR count). The Hall–Kier alpha value is -0.520. The monoisotopic (exact) mass is 512 g/mol. The van der Waals surface area contributed by atoms with Crippen LogP contribution >= 0.6 is 0 Å². The van der Waals surface area contributed by atoms with Crippen LogP contribution < -0.4 is 0 Å². The van der Waals surface area contributed by atoms with Crippen LogP contribution in [-0.2, 0) is 0 Å². The first-order chi connectivity index (χ1) is 18.8. The van der Waals surface area contributed by atoms with E-state index >= 15 is 0 Å². The summed E-state index contributed by atoms with van der Waals surface area (Å²) in [5.41, 5.74) is 0. The molecule has 208 valence electrons. The van der Waals surface area contributed by atoms with E-state index in [0.717, 1.165) is 94.7 Å². The molecule has 0 aromatic heterocycles. The molecule has 0 saturated heterocycles. The smallest absolute Gasteiger partial charge is 0.0194 e. The quantitative estimate of drug-likeness (QED) is 0.260. The Morgan fingerprint density at radius 1 is 0.395 bits per heavy atom. The third-order valence-corrected chi connectivity index (χ3v) is 15.7. The third-order valence-electron chi connectivity index (χ3n) is 15.7. The van der Waals surface area contributed by atoms with Gasteiger partial charge in [-0.05, 0) is 140 Å². The average molecular weight is 513 g/mol. The molecule has 0 heteroatoms. The number of hydrogen-bond acceptors (Lipinski definition) is 0. The van der Waals surface area contributed by atoms with Gasteiger partial charge in [0, 0.05) is 0 Å². The van der Waals surface area contributed by atoms with E-state index < -0.39 is 0 Å². The van der Waals surface area contributed by atoms with Gasteiger partial charge in [-0.15, -0.1) is 0 Å². The van der Waals surface area contributed by atoms with Gasteiger partial charge in [0.15, 0.2) is 0 Å². The standard InChI is InChI=1S/C20H30.C18H26/c1-2-4-13(5-3-1)6-7-14-10-17-12-18(14)20-16-9-8-15(11-16)19(17)20;1-2-4-11(5-3-1)15-9-14-10-16(15)18-13-7-6-12(8-13)17(14)18/h8-9,13-20H,1-7,10-12H2;6-7,11-18H,1-5,8-10H2. The van der Waals surface area contributed by atoms with Crippen LogP contribution in [0.25, 0.3) is 0 Å². The van der Waals surface area contributed by atoms with E-state index in [2.05, 4.69) is 24.3 Å². The fourth-order valence-corrected chi connectivity index (χ4v) is 14.6. The molecule has 10 aliphatic carbocycles. The van der Waals surface area contributed by atoms with Crippen LogP contribution in [0.15, 0.2) is 24.3 Å². The van der Waals surface area contributed by atoms with Gasteiger partial charge in [0.1, 0.15) is 0 Å². The van der Waals surface area contributed by atoms with Gasteiger partial charge >= 0.3 is 0 Å². The van der Waals surface area contributed by atoms with Gasteiger partial charge in [0.2, 0.25) is 0 Å². The molecular weight excluding hydrogens is 456 g/mol. The Kier molecular flexibility index (Phi) is 6.04. The van der Waals surface area contributed by atoms with Crippen molar-refractivity contribution in [2.75, 3.05) is 0 Å². The number of rotatable bonds is 4. The molecule has 0 N–H and O–H groups in total. The van der Waals surface area contributed by atoms with E-state index in [1.807, 2.05) is 0 Å². The molecule has 0 spiro atoms. The number of fused-ring (bicyclic) bond motifs is 18. The highest BCUT2D eigenvalue weighted by Gasteiger charge is 2.62. The Labute approximate surface area is 234 Å². The van der Waals surface area contributed by atoms with Gasteiger partial charge in [0.05, 0.1) is 0 Å². The summed E-state index contributed by atoms with van der Waals surface area (Å²) in [4.78, 5) is 0. The van der Waals surface area contributed by atoms with E-state index in [1.165, 1.54) is 32.1 Å². The maximum atomic E-state index is 2.60. The van der Waals surface area contributed by atoms with Crippen molar-refractivity contribution in [1.82, 2.24) is 0 Å². The minimum atomic E-state index is 1.01. The fourth-order valence-electron chi connectivity index (χ4n) is 14.6. The molecule has 0 heterocycles. The van der Waals surface area contributed by atoms with E-state index in [1.54, 1.807) is 83.5 Å². The SMILES string of the molecule is C1=CC2CC1C1C3CC(C4CCCCC4)C(C3)C21.C1=CC2CC1C1C3CC(CCC4CCCCC4)C(C3)C21. The molecule has 14 unspecified atom stereocenters. The van der Waals surface area contributed by atoms with Crippen molar-refractivity contribution in [3.05, 3.63) is 24.3 Å². The molecule has 8 saturated carbocycles. The second-order valence-electron chi connectivity index (χ2n) is 16.9. The Bertz CT molecular complexity index is 930. The Morgan fingerprint density at radius 2 is 0.921 bits per heavy atom. The van der Waals surface area contributed by atoms with Crippen LogP contribution in [0, 0.1) is 94.7 Å². The second-order valence-corrected chi connectivity index (χ2v) is 16.9. The van der Waals surface area contributed by atoms with Crippen molar-refractivity contribution in [2.45, 2.75) is 116 Å². The highest BCUT2D eigenvalue weighted by molar-refractivity contribution is 5.22. The van der Waals surface area contributed by atoms with E-state index in [4.69, 9.17) is 0 Å². The molecule has 14 atom stereocenters. The van der Waals surface area contributed by atoms with E-state index in [0.29, 0.717) is 0 Å². The van der Waals surface area contributed by atoms with Crippen molar-refractivity contribution in [2.24, 2.45) is 94.7 Å². The van der Waals surface area contributed by atoms with Gasteiger partial charge in [-0.1, -0.05) is 94.9 Å². The first kappa shape index (κ1) is 24.1. The maximum Gasteiger partial charge on any atom is -0.0194 e. The first-order valence-electron chi connectivity index (χ1n) is 18.2. The molecule has 8 fully saturated rings. The highest BCUT2D eigenvalue weighted by Crippen LogP contribution is 2.69. The van der Waals surface area contributed by atoms with Crippen LogP contribution in [-0.4, -0.2) is 0 Å². The minimum Gasteiger partial charge on any atom is -0.0848 e. The molecule has 8 bridgehead atoms. The summed E-state index contributed by atoms with van der Waals surface area (Å²) in [6.07, 6.45) is 38.6. The summed E-state index contributed by atoms with van der Waals surface area (Å²) >= 11 is 0. The second kappa shape index (κ2) is 9.51. The van der Waals surface area contributed by atoms with Gasteiger partial charge in [-0.2, -0.15) is 0 Å².